The molecule has 2 heterocycles. The molecule has 3 amide bonds. The Kier molecular flexibility index (Phi) is 7.65. The number of carbonyl (C=O) groups excluding carboxylic acids is 3. The maximum absolute atomic E-state index is 13.4. The molecule has 1 atom stereocenters. The smallest absolute Gasteiger partial charge is 0.259 e. The summed E-state index contributed by atoms with van der Waals surface area (Å²) in [6.45, 7) is 2.40. The lowest BCUT2D eigenvalue weighted by molar-refractivity contribution is -0.125. The summed E-state index contributed by atoms with van der Waals surface area (Å²) in [5.41, 5.74) is 4.23. The molecule has 2 N–H and O–H groups in total. The maximum Gasteiger partial charge on any atom is 0.259 e. The van der Waals surface area contributed by atoms with Gasteiger partial charge in [0.2, 0.25) is 11.8 Å². The van der Waals surface area contributed by atoms with Gasteiger partial charge in [-0.05, 0) is 48.7 Å². The quantitative estimate of drug-likeness (QED) is 0.454. The number of para-hydroxylation sites is 1. The zero-order chi connectivity index (χ0) is 26.5. The largest absolute Gasteiger partial charge is 0.352 e. The lowest BCUT2D eigenvalue weighted by Gasteiger charge is -2.25. The van der Waals surface area contributed by atoms with Crippen molar-refractivity contribution < 1.29 is 14.4 Å². The van der Waals surface area contributed by atoms with E-state index in [0.29, 0.717) is 23.2 Å². The average molecular weight is 526 g/mol. The van der Waals surface area contributed by atoms with E-state index in [1.54, 1.807) is 0 Å². The first-order valence-corrected chi connectivity index (χ1v) is 13.4. The van der Waals surface area contributed by atoms with Gasteiger partial charge >= 0.3 is 0 Å². The Bertz CT molecular complexity index is 1440. The molecule has 0 bridgehead atoms. The molecule has 38 heavy (non-hydrogen) atoms. The van der Waals surface area contributed by atoms with Crippen LogP contribution in [-0.4, -0.2) is 45.4 Å². The van der Waals surface area contributed by atoms with Gasteiger partial charge < -0.3 is 10.6 Å². The number of fused-ring (bicyclic) bond motifs is 3. The van der Waals surface area contributed by atoms with Gasteiger partial charge in [0.15, 0.2) is 5.17 Å². The number of amides is 3. The van der Waals surface area contributed by atoms with E-state index in [1.165, 1.54) is 16.7 Å². The lowest BCUT2D eigenvalue weighted by atomic mass is 10.1. The number of aryl methyl sites for hydroxylation is 1. The van der Waals surface area contributed by atoms with E-state index in [2.05, 4.69) is 15.6 Å². The van der Waals surface area contributed by atoms with Gasteiger partial charge in [-0.2, -0.15) is 0 Å². The van der Waals surface area contributed by atoms with Crippen LogP contribution >= 0.6 is 11.8 Å². The Hall–Kier alpha value is -4.24. The molecule has 0 saturated carbocycles. The standard InChI is InChI=1S/C29H27N5O3S/c1-19-8-7-11-21(16-19)31-26(36)18-38-29-33-23-13-6-5-12-22(23)27-32-24(28(37)34(27)29)14-15-25(35)30-17-20-9-3-2-4-10-20/h2-13,16,24H,14-15,17-18H2,1H3,(H,30,35)(H,31,36)/t24-/m0/s1. The van der Waals surface area contributed by atoms with E-state index in [9.17, 15) is 14.4 Å². The summed E-state index contributed by atoms with van der Waals surface area (Å²) >= 11 is 1.19. The average Bonchev–Trinajstić information content (AvgIpc) is 3.26. The minimum Gasteiger partial charge on any atom is -0.352 e. The van der Waals surface area contributed by atoms with E-state index in [0.717, 1.165) is 22.4 Å². The van der Waals surface area contributed by atoms with Crippen LogP contribution in [0.4, 0.5) is 11.4 Å². The van der Waals surface area contributed by atoms with Crippen LogP contribution in [0, 0.1) is 6.92 Å². The first kappa shape index (κ1) is 25.4. The predicted molar refractivity (Wildman–Crippen MR) is 150 cm³/mol. The third-order valence-corrected chi connectivity index (χ3v) is 7.10. The van der Waals surface area contributed by atoms with Crippen LogP contribution in [0.3, 0.4) is 0 Å². The van der Waals surface area contributed by atoms with Crippen molar-refractivity contribution in [3.63, 3.8) is 0 Å². The highest BCUT2D eigenvalue weighted by atomic mass is 32.2. The Labute approximate surface area is 225 Å². The van der Waals surface area contributed by atoms with Crippen LogP contribution in [-0.2, 0) is 20.9 Å². The second-order valence-corrected chi connectivity index (χ2v) is 10.0. The molecule has 9 heteroatoms. The number of amidine groups is 2. The fraction of sp³-hybridized carbons (Fsp3) is 0.207. The fourth-order valence-corrected chi connectivity index (χ4v) is 5.09. The normalized spacial score (nSPS) is 15.8. The van der Waals surface area contributed by atoms with Gasteiger partial charge in [-0.1, -0.05) is 66.4 Å². The van der Waals surface area contributed by atoms with Gasteiger partial charge in [0.25, 0.3) is 5.91 Å². The Balaban J connectivity index is 1.24. The molecule has 0 aliphatic carbocycles. The Morgan fingerprint density at radius 1 is 0.974 bits per heavy atom. The van der Waals surface area contributed by atoms with E-state index in [-0.39, 0.29) is 36.3 Å². The van der Waals surface area contributed by atoms with Crippen molar-refractivity contribution in [2.45, 2.75) is 32.4 Å². The number of nitrogens with zero attached hydrogens (tertiary/aromatic N) is 3. The molecule has 0 radical (unpaired) electrons. The van der Waals surface area contributed by atoms with Crippen molar-refractivity contribution in [2.24, 2.45) is 9.98 Å². The lowest BCUT2D eigenvalue weighted by Crippen LogP contribution is -2.41. The van der Waals surface area contributed by atoms with Gasteiger partial charge in [0, 0.05) is 24.2 Å². The van der Waals surface area contributed by atoms with Crippen LogP contribution in [0.25, 0.3) is 0 Å². The van der Waals surface area contributed by atoms with Crippen molar-refractivity contribution in [1.29, 1.82) is 0 Å². The molecular weight excluding hydrogens is 498 g/mol. The molecule has 5 rings (SSSR count). The van der Waals surface area contributed by atoms with E-state index in [4.69, 9.17) is 4.99 Å². The van der Waals surface area contributed by atoms with Crippen molar-refractivity contribution in [3.8, 4) is 0 Å². The summed E-state index contributed by atoms with van der Waals surface area (Å²) in [5, 5.41) is 6.19. The summed E-state index contributed by atoms with van der Waals surface area (Å²) in [7, 11) is 0. The molecular formula is C29H27N5O3S. The van der Waals surface area contributed by atoms with E-state index in [1.807, 2.05) is 85.8 Å². The third-order valence-electron chi connectivity index (χ3n) is 6.16. The zero-order valence-electron chi connectivity index (χ0n) is 20.9. The van der Waals surface area contributed by atoms with E-state index >= 15 is 0 Å². The molecule has 0 unspecified atom stereocenters. The van der Waals surface area contributed by atoms with Crippen molar-refractivity contribution in [3.05, 3.63) is 95.6 Å². The molecule has 192 valence electrons. The van der Waals surface area contributed by atoms with Crippen LogP contribution in [0.15, 0.2) is 88.8 Å². The SMILES string of the molecule is Cc1cccc(NC(=O)CSC2=Nc3ccccc3C3=N[C@@H](CCC(=O)NCc4ccccc4)C(=O)N23)c1. The van der Waals surface area contributed by atoms with Gasteiger partial charge in [-0.25, -0.2) is 9.89 Å². The maximum atomic E-state index is 13.4. The van der Waals surface area contributed by atoms with Crippen LogP contribution in [0.2, 0.25) is 0 Å². The topological polar surface area (TPSA) is 103 Å². The first-order chi connectivity index (χ1) is 18.5. The number of nitrogens with one attached hydrogen (secondary N) is 2. The fourth-order valence-electron chi connectivity index (χ4n) is 4.29. The monoisotopic (exact) mass is 525 g/mol. The number of anilines is 1. The highest BCUT2D eigenvalue weighted by Crippen LogP contribution is 2.34. The summed E-state index contributed by atoms with van der Waals surface area (Å²) in [6.07, 6.45) is 0.460. The van der Waals surface area contributed by atoms with Gasteiger partial charge in [0.1, 0.15) is 11.9 Å². The Morgan fingerprint density at radius 3 is 2.58 bits per heavy atom. The van der Waals surface area contributed by atoms with Crippen molar-refractivity contribution >= 4 is 51.9 Å². The third kappa shape index (κ3) is 5.84. The molecule has 2 aliphatic rings. The highest BCUT2D eigenvalue weighted by Gasteiger charge is 2.41. The van der Waals surface area contributed by atoms with Crippen LogP contribution in [0.5, 0.6) is 0 Å². The second kappa shape index (κ2) is 11.4. The molecule has 0 saturated heterocycles. The molecule has 2 aliphatic heterocycles. The second-order valence-electron chi connectivity index (χ2n) is 9.06. The minimum atomic E-state index is -0.689. The van der Waals surface area contributed by atoms with Crippen LogP contribution < -0.4 is 10.6 Å². The van der Waals surface area contributed by atoms with Gasteiger partial charge in [0.05, 0.1) is 11.4 Å². The number of benzene rings is 3. The molecule has 8 nitrogen and oxygen atoms in total. The minimum absolute atomic E-state index is 0.0819. The molecule has 0 spiro atoms. The zero-order valence-corrected chi connectivity index (χ0v) is 21.7. The van der Waals surface area contributed by atoms with Crippen molar-refractivity contribution in [2.75, 3.05) is 11.1 Å². The number of aliphatic imine (C=N–C) groups is 2. The van der Waals surface area contributed by atoms with Gasteiger partial charge in [-0.15, -0.1) is 0 Å². The predicted octanol–water partition coefficient (Wildman–Crippen LogP) is 4.42. The summed E-state index contributed by atoms with van der Waals surface area (Å²) in [4.78, 5) is 49.3. The summed E-state index contributed by atoms with van der Waals surface area (Å²) < 4.78 is 0. The molecule has 3 aromatic rings. The van der Waals surface area contributed by atoms with Crippen molar-refractivity contribution in [1.82, 2.24) is 10.2 Å². The summed E-state index contributed by atoms with van der Waals surface area (Å²) in [5.74, 6) is 0.0215. The Morgan fingerprint density at radius 2 is 1.76 bits per heavy atom. The van der Waals surface area contributed by atoms with E-state index < -0.39 is 6.04 Å². The molecule has 3 aromatic carbocycles. The highest BCUT2D eigenvalue weighted by molar-refractivity contribution is 8.14. The molecule has 0 fully saturated rings. The number of rotatable bonds is 8. The number of thioether (sulfide) groups is 1. The summed E-state index contributed by atoms with van der Waals surface area (Å²) in [6, 6.07) is 24.0. The van der Waals surface area contributed by atoms with Crippen LogP contribution in [0.1, 0.15) is 29.5 Å². The number of hydrogen-bond donors (Lipinski definition) is 2. The van der Waals surface area contributed by atoms with Gasteiger partial charge in [-0.3, -0.25) is 19.4 Å². The first-order valence-electron chi connectivity index (χ1n) is 12.4. The number of carbonyl (C=O) groups is 3. The number of hydrogen-bond acceptors (Lipinski definition) is 6. The molecule has 0 aromatic heterocycles.